The molecule has 6 heavy (non-hydrogen) atoms. The molecule has 0 aromatic heterocycles. The van der Waals surface area contributed by atoms with Crippen molar-refractivity contribution in [1.29, 1.82) is 0 Å². The zero-order chi connectivity index (χ0) is 4.41. The average Bonchev–Trinajstić information content (AvgIpc) is 1.86. The van der Waals surface area contributed by atoms with Gasteiger partial charge in [-0.25, -0.2) is 0 Å². The van der Waals surface area contributed by atoms with Crippen LogP contribution in [0.3, 0.4) is 0 Å². The second-order valence-corrected chi connectivity index (χ2v) is 3.44. The summed E-state index contributed by atoms with van der Waals surface area (Å²) in [4.78, 5) is 0. The molecule has 1 saturated heterocycles. The third kappa shape index (κ3) is 1.04. The SMILES string of the molecule is [O-][S+]1CCSN1. The second-order valence-electron chi connectivity index (χ2n) is 0.981. The molecule has 0 aliphatic carbocycles. The van der Waals surface area contributed by atoms with Gasteiger partial charge >= 0.3 is 0 Å². The Hall–Kier alpha value is 0.620. The second kappa shape index (κ2) is 2.07. The third-order valence-corrected chi connectivity index (χ3v) is 2.98. The first-order chi connectivity index (χ1) is 2.89. The van der Waals surface area contributed by atoms with Crippen LogP contribution in [-0.4, -0.2) is 16.1 Å². The van der Waals surface area contributed by atoms with E-state index < -0.39 is 11.4 Å². The fourth-order valence-corrected chi connectivity index (χ4v) is 2.40. The smallest absolute Gasteiger partial charge is 0.136 e. The molecule has 1 fully saturated rings. The van der Waals surface area contributed by atoms with Crippen LogP contribution in [-0.2, 0) is 11.4 Å². The van der Waals surface area contributed by atoms with E-state index >= 15 is 0 Å². The van der Waals surface area contributed by atoms with E-state index in [4.69, 9.17) is 0 Å². The van der Waals surface area contributed by atoms with Crippen molar-refractivity contribution in [1.82, 2.24) is 4.13 Å². The summed E-state index contributed by atoms with van der Waals surface area (Å²) in [5, 5.41) is 0. The van der Waals surface area contributed by atoms with Crippen LogP contribution in [0.5, 0.6) is 0 Å². The minimum atomic E-state index is -0.710. The Bertz CT molecular complexity index is 44.8. The molecule has 0 spiro atoms. The lowest BCUT2D eigenvalue weighted by Crippen LogP contribution is -2.10. The molecule has 0 amide bonds. The van der Waals surface area contributed by atoms with Crippen LogP contribution in [0, 0.1) is 0 Å². The molecule has 1 unspecified atom stereocenters. The molecule has 0 aromatic rings. The summed E-state index contributed by atoms with van der Waals surface area (Å²) < 4.78 is 12.9. The molecule has 2 nitrogen and oxygen atoms in total. The van der Waals surface area contributed by atoms with Gasteiger partial charge < -0.3 is 4.55 Å². The highest BCUT2D eigenvalue weighted by Crippen LogP contribution is 2.06. The molecule has 4 heteroatoms. The van der Waals surface area contributed by atoms with Gasteiger partial charge in [-0.2, -0.15) is 0 Å². The molecule has 0 radical (unpaired) electrons. The Balaban J connectivity index is 2.18. The number of hydrogen-bond donors (Lipinski definition) is 1. The highest BCUT2D eigenvalue weighted by molar-refractivity contribution is 8.12. The van der Waals surface area contributed by atoms with Crippen LogP contribution >= 0.6 is 11.9 Å². The van der Waals surface area contributed by atoms with Gasteiger partial charge in [-0.15, -0.1) is 0 Å². The van der Waals surface area contributed by atoms with Gasteiger partial charge in [0, 0.05) is 11.4 Å². The maximum Gasteiger partial charge on any atom is 0.136 e. The van der Waals surface area contributed by atoms with Gasteiger partial charge in [0.05, 0.1) is 5.75 Å². The standard InChI is InChI=1S/C2H5NOS2/c4-6-2-1-5-3-6/h3H,1-2H2. The van der Waals surface area contributed by atoms with Gasteiger partial charge in [0.15, 0.2) is 0 Å². The molecule has 0 bridgehead atoms. The number of hydrogen-bond acceptors (Lipinski definition) is 3. The van der Waals surface area contributed by atoms with E-state index in [9.17, 15) is 4.55 Å². The first-order valence-corrected chi connectivity index (χ1v) is 3.96. The predicted molar refractivity (Wildman–Crippen MR) is 28.6 cm³/mol. The highest BCUT2D eigenvalue weighted by Gasteiger charge is 2.12. The largest absolute Gasteiger partial charge is 0.597 e. The van der Waals surface area contributed by atoms with Crippen LogP contribution in [0.15, 0.2) is 0 Å². The molecule has 0 saturated carbocycles. The van der Waals surface area contributed by atoms with Gasteiger partial charge in [0.25, 0.3) is 0 Å². The Morgan fingerprint density at radius 3 is 2.83 bits per heavy atom. The minimum absolute atomic E-state index is 0.710. The van der Waals surface area contributed by atoms with Crippen molar-refractivity contribution in [2.24, 2.45) is 0 Å². The Morgan fingerprint density at radius 2 is 2.67 bits per heavy atom. The molecule has 1 rings (SSSR count). The van der Waals surface area contributed by atoms with E-state index in [0.717, 1.165) is 11.5 Å². The quantitative estimate of drug-likeness (QED) is 0.361. The lowest BCUT2D eigenvalue weighted by atomic mass is 11.0. The monoisotopic (exact) mass is 123 g/mol. The van der Waals surface area contributed by atoms with E-state index in [0.29, 0.717) is 0 Å². The van der Waals surface area contributed by atoms with Crippen molar-refractivity contribution in [3.05, 3.63) is 0 Å². The molecule has 1 N–H and O–H groups in total. The molecule has 1 aliphatic heterocycles. The van der Waals surface area contributed by atoms with Crippen molar-refractivity contribution in [3.8, 4) is 0 Å². The highest BCUT2D eigenvalue weighted by atomic mass is 32.3. The van der Waals surface area contributed by atoms with Gasteiger partial charge in [-0.3, -0.25) is 0 Å². The summed E-state index contributed by atoms with van der Waals surface area (Å²) in [7, 11) is 0. The van der Waals surface area contributed by atoms with Crippen molar-refractivity contribution in [2.45, 2.75) is 0 Å². The number of rotatable bonds is 0. The van der Waals surface area contributed by atoms with Crippen molar-refractivity contribution in [3.63, 3.8) is 0 Å². The summed E-state index contributed by atoms with van der Waals surface area (Å²) in [5.74, 6) is 1.80. The van der Waals surface area contributed by atoms with E-state index in [1.54, 1.807) is 0 Å². The van der Waals surface area contributed by atoms with E-state index in [-0.39, 0.29) is 0 Å². The van der Waals surface area contributed by atoms with Crippen molar-refractivity contribution >= 4 is 23.3 Å². The molecule has 0 aromatic carbocycles. The summed E-state index contributed by atoms with van der Waals surface area (Å²) in [6.07, 6.45) is 0. The predicted octanol–water partition coefficient (Wildman–Crippen LogP) is -0.0985. The summed E-state index contributed by atoms with van der Waals surface area (Å²) >= 11 is 0.822. The molecule has 1 atom stereocenters. The van der Waals surface area contributed by atoms with Crippen LogP contribution < -0.4 is 4.13 Å². The van der Waals surface area contributed by atoms with Crippen LogP contribution in [0.1, 0.15) is 0 Å². The Kier molecular flexibility index (Phi) is 1.64. The number of nitrogens with one attached hydrogen (secondary N) is 1. The average molecular weight is 123 g/mol. The van der Waals surface area contributed by atoms with Gasteiger partial charge in [-0.1, -0.05) is 4.13 Å². The zero-order valence-electron chi connectivity index (χ0n) is 3.14. The van der Waals surface area contributed by atoms with E-state index in [2.05, 4.69) is 4.13 Å². The topological polar surface area (TPSA) is 35.1 Å². The Morgan fingerprint density at radius 1 is 1.83 bits per heavy atom. The molecule has 1 aliphatic rings. The van der Waals surface area contributed by atoms with E-state index in [1.165, 1.54) is 11.9 Å². The van der Waals surface area contributed by atoms with Crippen LogP contribution in [0.2, 0.25) is 0 Å². The maximum absolute atomic E-state index is 10.2. The van der Waals surface area contributed by atoms with E-state index in [1.807, 2.05) is 0 Å². The fourth-order valence-electron chi connectivity index (χ4n) is 0.266. The normalized spacial score (nSPS) is 34.5. The van der Waals surface area contributed by atoms with Crippen LogP contribution in [0.4, 0.5) is 0 Å². The molecule has 36 valence electrons. The fraction of sp³-hybridized carbons (Fsp3) is 1.00. The first kappa shape index (κ1) is 4.77. The molecular weight excluding hydrogens is 118 g/mol. The third-order valence-electron chi connectivity index (χ3n) is 0.523. The summed E-state index contributed by atoms with van der Waals surface area (Å²) in [5.41, 5.74) is 0. The van der Waals surface area contributed by atoms with Crippen molar-refractivity contribution in [2.75, 3.05) is 11.5 Å². The Labute approximate surface area is 44.1 Å². The summed E-state index contributed by atoms with van der Waals surface area (Å²) in [6.45, 7) is 0. The molecule has 1 heterocycles. The van der Waals surface area contributed by atoms with Crippen molar-refractivity contribution < 1.29 is 4.55 Å². The minimum Gasteiger partial charge on any atom is -0.597 e. The lowest BCUT2D eigenvalue weighted by Gasteiger charge is -1.94. The first-order valence-electron chi connectivity index (χ1n) is 1.65. The zero-order valence-corrected chi connectivity index (χ0v) is 4.77. The van der Waals surface area contributed by atoms with Crippen LogP contribution in [0.25, 0.3) is 0 Å². The van der Waals surface area contributed by atoms with Gasteiger partial charge in [-0.05, 0) is 11.9 Å². The molecular formula is C2H5NOS2. The lowest BCUT2D eigenvalue weighted by molar-refractivity contribution is 0.597. The van der Waals surface area contributed by atoms with Gasteiger partial charge in [0.2, 0.25) is 0 Å². The van der Waals surface area contributed by atoms with Gasteiger partial charge in [0.1, 0.15) is 5.75 Å². The maximum atomic E-state index is 10.2. The summed E-state index contributed by atoms with van der Waals surface area (Å²) in [6, 6.07) is 0.